The smallest absolute Gasteiger partial charge is 0.255 e. The van der Waals surface area contributed by atoms with Crippen molar-refractivity contribution in [2.45, 2.75) is 29.6 Å². The van der Waals surface area contributed by atoms with Crippen molar-refractivity contribution in [2.75, 3.05) is 29.1 Å². The van der Waals surface area contributed by atoms with Crippen LogP contribution < -0.4 is 10.2 Å². The Hall–Kier alpha value is -3.14. The first-order valence-corrected chi connectivity index (χ1v) is 14.3. The summed E-state index contributed by atoms with van der Waals surface area (Å²) in [5.41, 5.74) is 2.33. The molecule has 2 aliphatic heterocycles. The molecule has 3 aromatic rings. The molecule has 0 spiro atoms. The molecule has 36 heavy (non-hydrogen) atoms. The molecule has 1 N–H and O–H groups in total. The lowest BCUT2D eigenvalue weighted by Crippen LogP contribution is -2.39. The number of nitrogens with zero attached hydrogens (tertiary/aromatic N) is 2. The number of hydrogen-bond acceptors (Lipinski definition) is 5. The van der Waals surface area contributed by atoms with Gasteiger partial charge in [-0.05, 0) is 73.4 Å². The fourth-order valence-corrected chi connectivity index (χ4v) is 7.05. The number of benzene rings is 3. The molecule has 7 nitrogen and oxygen atoms in total. The maximum atomic E-state index is 13.0. The van der Waals surface area contributed by atoms with Crippen LogP contribution in [-0.2, 0) is 14.8 Å². The zero-order valence-corrected chi connectivity index (χ0v) is 21.5. The van der Waals surface area contributed by atoms with Crippen molar-refractivity contribution in [2.24, 2.45) is 5.92 Å². The van der Waals surface area contributed by atoms with Crippen molar-refractivity contribution in [1.82, 2.24) is 4.31 Å². The third kappa shape index (κ3) is 4.91. The molecule has 0 aliphatic carbocycles. The Labute approximate surface area is 215 Å². The zero-order valence-electron chi connectivity index (χ0n) is 19.9. The Kier molecular flexibility index (Phi) is 6.87. The molecule has 1 saturated heterocycles. The molecule has 0 aromatic heterocycles. The van der Waals surface area contributed by atoms with Gasteiger partial charge in [-0.1, -0.05) is 25.1 Å². The molecule has 3 aromatic carbocycles. The van der Waals surface area contributed by atoms with Crippen LogP contribution in [-0.4, -0.2) is 43.4 Å². The molecular weight excluding hydrogens is 494 g/mol. The number of hydrogen-bond donors (Lipinski definition) is 1. The van der Waals surface area contributed by atoms with E-state index in [1.54, 1.807) is 33.5 Å². The molecule has 2 aliphatic rings. The Bertz CT molecular complexity index is 1390. The van der Waals surface area contributed by atoms with Gasteiger partial charge >= 0.3 is 0 Å². The summed E-state index contributed by atoms with van der Waals surface area (Å²) < 4.78 is 27.5. The molecule has 1 unspecified atom stereocenters. The summed E-state index contributed by atoms with van der Waals surface area (Å²) in [6.45, 7) is 3.12. The van der Waals surface area contributed by atoms with Crippen LogP contribution in [0.4, 0.5) is 17.1 Å². The number of rotatable bonds is 5. The van der Waals surface area contributed by atoms with Crippen molar-refractivity contribution in [1.29, 1.82) is 0 Å². The number of thioether (sulfide) groups is 1. The number of piperidine rings is 1. The van der Waals surface area contributed by atoms with Crippen molar-refractivity contribution in [3.05, 3.63) is 78.4 Å². The SMILES string of the molecule is CC1CCCN(S(=O)(=O)c2ccc(NC(=O)c3ccc4c(c3)N(c3ccccc3)C(=O)CS4)cc2)C1. The molecule has 2 heterocycles. The van der Waals surface area contributed by atoms with Crippen molar-refractivity contribution in [3.63, 3.8) is 0 Å². The zero-order chi connectivity index (χ0) is 25.3. The summed E-state index contributed by atoms with van der Waals surface area (Å²) in [5.74, 6) is 0.291. The molecule has 9 heteroatoms. The molecule has 0 bridgehead atoms. The number of para-hydroxylation sites is 1. The molecule has 0 radical (unpaired) electrons. The first kappa shape index (κ1) is 24.5. The Balaban J connectivity index is 1.34. The number of nitrogens with one attached hydrogen (secondary N) is 1. The predicted molar refractivity (Wildman–Crippen MR) is 142 cm³/mol. The van der Waals surface area contributed by atoms with Gasteiger partial charge in [0.05, 0.1) is 16.3 Å². The molecule has 1 atom stereocenters. The fourth-order valence-electron chi connectivity index (χ4n) is 4.58. The van der Waals surface area contributed by atoms with Gasteiger partial charge in [-0.15, -0.1) is 11.8 Å². The number of carbonyl (C=O) groups excluding carboxylic acids is 2. The van der Waals surface area contributed by atoms with Crippen LogP contribution in [0.2, 0.25) is 0 Å². The molecule has 2 amide bonds. The minimum Gasteiger partial charge on any atom is -0.322 e. The summed E-state index contributed by atoms with van der Waals surface area (Å²) in [6.07, 6.45) is 1.90. The van der Waals surface area contributed by atoms with Gasteiger partial charge in [-0.3, -0.25) is 14.5 Å². The third-order valence-electron chi connectivity index (χ3n) is 6.45. The van der Waals surface area contributed by atoms with Gasteiger partial charge in [0.2, 0.25) is 15.9 Å². The minimum atomic E-state index is -3.56. The van der Waals surface area contributed by atoms with E-state index in [1.807, 2.05) is 36.4 Å². The molecule has 0 saturated carbocycles. The molecule has 186 valence electrons. The number of fused-ring (bicyclic) bond motifs is 1. The number of sulfonamides is 1. The van der Waals surface area contributed by atoms with Crippen LogP contribution in [0.1, 0.15) is 30.1 Å². The number of carbonyl (C=O) groups is 2. The number of amides is 2. The van der Waals surface area contributed by atoms with Gasteiger partial charge in [-0.25, -0.2) is 8.42 Å². The molecule has 5 rings (SSSR count). The Morgan fingerprint density at radius 2 is 1.78 bits per heavy atom. The highest BCUT2D eigenvalue weighted by Crippen LogP contribution is 2.40. The summed E-state index contributed by atoms with van der Waals surface area (Å²) >= 11 is 1.45. The van der Waals surface area contributed by atoms with Crippen molar-refractivity contribution in [3.8, 4) is 0 Å². The van der Waals surface area contributed by atoms with Gasteiger partial charge in [0.1, 0.15) is 0 Å². The summed E-state index contributed by atoms with van der Waals surface area (Å²) in [7, 11) is -3.56. The largest absolute Gasteiger partial charge is 0.322 e. The first-order chi connectivity index (χ1) is 17.3. The monoisotopic (exact) mass is 521 g/mol. The van der Waals surface area contributed by atoms with Crippen LogP contribution >= 0.6 is 11.8 Å². The van der Waals surface area contributed by atoms with Crippen molar-refractivity contribution >= 4 is 50.7 Å². The van der Waals surface area contributed by atoms with E-state index in [1.165, 1.54) is 23.9 Å². The molecular formula is C27H27N3O4S2. The second kappa shape index (κ2) is 10.1. The van der Waals surface area contributed by atoms with Crippen molar-refractivity contribution < 1.29 is 18.0 Å². The maximum Gasteiger partial charge on any atom is 0.255 e. The third-order valence-corrected chi connectivity index (χ3v) is 9.37. The first-order valence-electron chi connectivity index (χ1n) is 11.9. The van der Waals surface area contributed by atoms with E-state index in [0.29, 0.717) is 41.7 Å². The van der Waals surface area contributed by atoms with E-state index in [-0.39, 0.29) is 16.7 Å². The van der Waals surface area contributed by atoms with Crippen LogP contribution in [0.15, 0.2) is 82.6 Å². The van der Waals surface area contributed by atoms with E-state index >= 15 is 0 Å². The second-order valence-corrected chi connectivity index (χ2v) is 12.1. The minimum absolute atomic E-state index is 0.0452. The summed E-state index contributed by atoms with van der Waals surface area (Å²) in [5, 5.41) is 2.84. The Morgan fingerprint density at radius 1 is 1.03 bits per heavy atom. The summed E-state index contributed by atoms with van der Waals surface area (Å²) in [6, 6.07) is 20.9. The van der Waals surface area contributed by atoms with E-state index in [9.17, 15) is 18.0 Å². The van der Waals surface area contributed by atoms with Crippen LogP contribution in [0.5, 0.6) is 0 Å². The lowest BCUT2D eigenvalue weighted by molar-refractivity contribution is -0.115. The highest BCUT2D eigenvalue weighted by molar-refractivity contribution is 8.00. The van der Waals surface area contributed by atoms with Crippen LogP contribution in [0, 0.1) is 5.92 Å². The normalized spacial score (nSPS) is 18.5. The topological polar surface area (TPSA) is 86.8 Å². The Morgan fingerprint density at radius 3 is 2.50 bits per heavy atom. The quantitative estimate of drug-likeness (QED) is 0.503. The van der Waals surface area contributed by atoms with E-state index < -0.39 is 10.0 Å². The predicted octanol–water partition coefficient (Wildman–Crippen LogP) is 5.13. The average molecular weight is 522 g/mol. The summed E-state index contributed by atoms with van der Waals surface area (Å²) in [4.78, 5) is 28.6. The van der Waals surface area contributed by atoms with Gasteiger partial charge < -0.3 is 5.32 Å². The van der Waals surface area contributed by atoms with Gasteiger partial charge in [0.15, 0.2) is 0 Å². The lowest BCUT2D eigenvalue weighted by Gasteiger charge is -2.30. The average Bonchev–Trinajstić information content (AvgIpc) is 2.89. The highest BCUT2D eigenvalue weighted by Gasteiger charge is 2.29. The van der Waals surface area contributed by atoms with E-state index in [0.717, 1.165) is 23.4 Å². The second-order valence-electron chi connectivity index (χ2n) is 9.12. The highest BCUT2D eigenvalue weighted by atomic mass is 32.2. The fraction of sp³-hybridized carbons (Fsp3) is 0.259. The van der Waals surface area contributed by atoms with Gasteiger partial charge in [-0.2, -0.15) is 4.31 Å². The van der Waals surface area contributed by atoms with Gasteiger partial charge in [0.25, 0.3) is 5.91 Å². The van der Waals surface area contributed by atoms with E-state index in [2.05, 4.69) is 12.2 Å². The molecule has 1 fully saturated rings. The van der Waals surface area contributed by atoms with E-state index in [4.69, 9.17) is 0 Å². The standard InChI is InChI=1S/C27H27N3O4S2/c1-19-6-5-15-29(17-19)36(33,34)23-12-10-21(11-13-23)28-27(32)20-9-14-25-24(16-20)30(26(31)18-35-25)22-7-3-2-4-8-22/h2-4,7-14,16,19H,5-6,15,17-18H2,1H3,(H,28,32). The number of anilines is 3. The van der Waals surface area contributed by atoms with Crippen LogP contribution in [0.3, 0.4) is 0 Å². The maximum absolute atomic E-state index is 13.0. The lowest BCUT2D eigenvalue weighted by atomic mass is 10.0. The van der Waals surface area contributed by atoms with Crippen LogP contribution in [0.25, 0.3) is 0 Å². The van der Waals surface area contributed by atoms with Gasteiger partial charge in [0, 0.05) is 34.9 Å².